The fourth-order valence-electron chi connectivity index (χ4n) is 2.54. The van der Waals surface area contributed by atoms with Crippen LogP contribution in [0.2, 0.25) is 0 Å². The van der Waals surface area contributed by atoms with Crippen molar-refractivity contribution in [3.63, 3.8) is 0 Å². The summed E-state index contributed by atoms with van der Waals surface area (Å²) >= 11 is 5.04. The molecular weight excluding hydrogens is 220 g/mol. The molecule has 0 radical (unpaired) electrons. The summed E-state index contributed by atoms with van der Waals surface area (Å²) in [5.74, 6) is 0.779. The molecule has 4 heteroatoms. The molecule has 1 heterocycles. The van der Waals surface area contributed by atoms with E-state index in [1.54, 1.807) is 0 Å². The molecule has 1 saturated heterocycles. The smallest absolute Gasteiger partial charge is 0.235 e. The lowest BCUT2D eigenvalue weighted by Crippen LogP contribution is -2.50. The van der Waals surface area contributed by atoms with Crippen LogP contribution in [0.1, 0.15) is 39.5 Å². The Bertz CT molecular complexity index is 325. The van der Waals surface area contributed by atoms with E-state index in [-0.39, 0.29) is 5.91 Å². The Morgan fingerprint density at radius 1 is 1.38 bits per heavy atom. The number of nitrogens with two attached hydrogens (primary N) is 1. The van der Waals surface area contributed by atoms with E-state index in [2.05, 4.69) is 13.8 Å². The van der Waals surface area contributed by atoms with Crippen molar-refractivity contribution in [3.05, 3.63) is 0 Å². The number of amides is 1. The molecule has 2 rings (SSSR count). The average molecular weight is 240 g/mol. The fourth-order valence-corrected chi connectivity index (χ4v) is 2.83. The fraction of sp³-hybridized carbons (Fsp3) is 0.833. The van der Waals surface area contributed by atoms with Crippen molar-refractivity contribution in [2.45, 2.75) is 45.6 Å². The quantitative estimate of drug-likeness (QED) is 0.747. The topological polar surface area (TPSA) is 46.3 Å². The van der Waals surface area contributed by atoms with Gasteiger partial charge < -0.3 is 10.6 Å². The first-order valence-electron chi connectivity index (χ1n) is 6.08. The number of nitrogens with zero attached hydrogens (tertiary/aromatic N) is 1. The van der Waals surface area contributed by atoms with Gasteiger partial charge in [-0.1, -0.05) is 19.1 Å². The van der Waals surface area contributed by atoms with Crippen LogP contribution >= 0.6 is 12.2 Å². The second-order valence-electron chi connectivity index (χ2n) is 5.44. The molecule has 2 aliphatic rings. The van der Waals surface area contributed by atoms with Crippen molar-refractivity contribution in [2.24, 2.45) is 17.1 Å². The van der Waals surface area contributed by atoms with Gasteiger partial charge in [-0.25, -0.2) is 0 Å². The summed E-state index contributed by atoms with van der Waals surface area (Å²) in [4.78, 5) is 14.8. The van der Waals surface area contributed by atoms with Gasteiger partial charge in [0.25, 0.3) is 0 Å². The number of piperidine rings is 1. The van der Waals surface area contributed by atoms with E-state index in [1.807, 2.05) is 4.90 Å². The molecule has 2 N–H and O–H groups in total. The summed E-state index contributed by atoms with van der Waals surface area (Å²) in [6, 6.07) is 0.343. The Labute approximate surface area is 102 Å². The maximum atomic E-state index is 12.4. The van der Waals surface area contributed by atoms with Crippen LogP contribution < -0.4 is 5.73 Å². The van der Waals surface area contributed by atoms with Crippen molar-refractivity contribution in [3.8, 4) is 0 Å². The number of rotatable bonds is 2. The summed E-state index contributed by atoms with van der Waals surface area (Å²) in [7, 11) is 0. The zero-order valence-electron chi connectivity index (χ0n) is 10.0. The Balaban J connectivity index is 2.12. The van der Waals surface area contributed by atoms with Crippen LogP contribution in [-0.2, 0) is 4.79 Å². The molecule has 16 heavy (non-hydrogen) atoms. The molecule has 0 aromatic heterocycles. The van der Waals surface area contributed by atoms with E-state index in [1.165, 1.54) is 6.42 Å². The van der Waals surface area contributed by atoms with Gasteiger partial charge in [-0.2, -0.15) is 0 Å². The molecule has 3 nitrogen and oxygen atoms in total. The number of hydrogen-bond donors (Lipinski definition) is 1. The van der Waals surface area contributed by atoms with E-state index in [9.17, 15) is 4.79 Å². The lowest BCUT2D eigenvalue weighted by atomic mass is 9.92. The van der Waals surface area contributed by atoms with E-state index >= 15 is 0 Å². The Kier molecular flexibility index (Phi) is 2.95. The van der Waals surface area contributed by atoms with Gasteiger partial charge in [-0.3, -0.25) is 4.79 Å². The van der Waals surface area contributed by atoms with Crippen molar-refractivity contribution in [2.75, 3.05) is 6.54 Å². The van der Waals surface area contributed by atoms with Gasteiger partial charge >= 0.3 is 0 Å². The monoisotopic (exact) mass is 240 g/mol. The van der Waals surface area contributed by atoms with Crippen LogP contribution in [0.15, 0.2) is 0 Å². The van der Waals surface area contributed by atoms with E-state index in [0.717, 1.165) is 25.8 Å². The van der Waals surface area contributed by atoms with Gasteiger partial charge in [-0.05, 0) is 38.5 Å². The molecule has 1 aliphatic heterocycles. The third-order valence-corrected chi connectivity index (χ3v) is 4.40. The third kappa shape index (κ3) is 1.83. The zero-order valence-corrected chi connectivity index (χ0v) is 10.8. The summed E-state index contributed by atoms with van der Waals surface area (Å²) in [6.07, 6.45) is 4.00. The number of thiocarbonyl (C=S) groups is 1. The minimum atomic E-state index is -0.472. The van der Waals surface area contributed by atoms with Gasteiger partial charge in [-0.15, -0.1) is 0 Å². The molecule has 90 valence electrons. The molecule has 1 aliphatic carbocycles. The molecule has 0 spiro atoms. The van der Waals surface area contributed by atoms with Crippen molar-refractivity contribution >= 4 is 23.1 Å². The summed E-state index contributed by atoms with van der Waals surface area (Å²) in [6.45, 7) is 5.19. The van der Waals surface area contributed by atoms with Crippen LogP contribution in [0.5, 0.6) is 0 Å². The van der Waals surface area contributed by atoms with Gasteiger partial charge in [0.1, 0.15) is 0 Å². The second kappa shape index (κ2) is 3.99. The normalized spacial score (nSPS) is 32.2. The Hall–Kier alpha value is -0.640. The highest BCUT2D eigenvalue weighted by Gasteiger charge is 2.55. The van der Waals surface area contributed by atoms with Gasteiger partial charge in [0.15, 0.2) is 0 Å². The molecule has 1 amide bonds. The van der Waals surface area contributed by atoms with Crippen molar-refractivity contribution < 1.29 is 4.79 Å². The summed E-state index contributed by atoms with van der Waals surface area (Å²) < 4.78 is 0. The SMILES string of the molecule is CC1CCC(C)N(C(=O)C2(C(N)=S)CC2)C1. The molecule has 2 unspecified atom stereocenters. The Morgan fingerprint density at radius 2 is 2.00 bits per heavy atom. The van der Waals surface area contributed by atoms with Crippen LogP contribution in [0.3, 0.4) is 0 Å². The first-order valence-corrected chi connectivity index (χ1v) is 6.49. The Morgan fingerprint density at radius 3 is 2.50 bits per heavy atom. The first kappa shape index (κ1) is 11.8. The predicted octanol–water partition coefficient (Wildman–Crippen LogP) is 1.70. The van der Waals surface area contributed by atoms with Crippen LogP contribution in [0, 0.1) is 11.3 Å². The standard InChI is InChI=1S/C12H20N2OS/c1-8-3-4-9(2)14(7-8)11(15)12(5-6-12)10(13)16/h8-9H,3-7H2,1-2H3,(H2,13,16). The highest BCUT2D eigenvalue weighted by Crippen LogP contribution is 2.48. The first-order chi connectivity index (χ1) is 7.47. The summed E-state index contributed by atoms with van der Waals surface area (Å²) in [5, 5.41) is 0. The second-order valence-corrected chi connectivity index (χ2v) is 5.88. The van der Waals surface area contributed by atoms with E-state index in [0.29, 0.717) is 16.9 Å². The maximum Gasteiger partial charge on any atom is 0.235 e. The van der Waals surface area contributed by atoms with E-state index in [4.69, 9.17) is 18.0 Å². The van der Waals surface area contributed by atoms with E-state index < -0.39 is 5.41 Å². The molecule has 0 bridgehead atoms. The molecule has 1 saturated carbocycles. The molecule has 2 atom stereocenters. The van der Waals surface area contributed by atoms with Gasteiger partial charge in [0.2, 0.25) is 5.91 Å². The minimum absolute atomic E-state index is 0.180. The van der Waals surface area contributed by atoms with Crippen LogP contribution in [-0.4, -0.2) is 28.4 Å². The average Bonchev–Trinajstić information content (AvgIpc) is 3.01. The number of carbonyl (C=O) groups excluding carboxylic acids is 1. The van der Waals surface area contributed by atoms with Crippen LogP contribution in [0.25, 0.3) is 0 Å². The number of carbonyl (C=O) groups is 1. The maximum absolute atomic E-state index is 12.4. The zero-order chi connectivity index (χ0) is 11.9. The number of hydrogen-bond acceptors (Lipinski definition) is 2. The lowest BCUT2D eigenvalue weighted by Gasteiger charge is -2.38. The summed E-state index contributed by atoms with van der Waals surface area (Å²) in [5.41, 5.74) is 5.23. The largest absolute Gasteiger partial charge is 0.392 e. The lowest BCUT2D eigenvalue weighted by molar-refractivity contribution is -0.138. The van der Waals surface area contributed by atoms with Gasteiger partial charge in [0.05, 0.1) is 10.4 Å². The third-order valence-electron chi connectivity index (χ3n) is 4.01. The number of likely N-dealkylation sites (tertiary alicyclic amines) is 1. The van der Waals surface area contributed by atoms with Crippen molar-refractivity contribution in [1.29, 1.82) is 0 Å². The minimum Gasteiger partial charge on any atom is -0.392 e. The molecule has 0 aromatic carbocycles. The predicted molar refractivity (Wildman–Crippen MR) is 68.0 cm³/mol. The van der Waals surface area contributed by atoms with Gasteiger partial charge in [0, 0.05) is 12.6 Å². The van der Waals surface area contributed by atoms with Crippen LogP contribution in [0.4, 0.5) is 0 Å². The van der Waals surface area contributed by atoms with Crippen molar-refractivity contribution in [1.82, 2.24) is 4.90 Å². The highest BCUT2D eigenvalue weighted by molar-refractivity contribution is 7.80. The highest BCUT2D eigenvalue weighted by atomic mass is 32.1. The molecular formula is C12H20N2OS. The molecule has 0 aromatic rings. The molecule has 2 fully saturated rings.